The van der Waals surface area contributed by atoms with Crippen molar-refractivity contribution in [2.45, 2.75) is 19.4 Å². The predicted octanol–water partition coefficient (Wildman–Crippen LogP) is 4.45. The Hall–Kier alpha value is -1.84. The van der Waals surface area contributed by atoms with Crippen LogP contribution in [-0.2, 0) is 6.54 Å². The molecule has 1 fully saturated rings. The molecule has 3 nitrogen and oxygen atoms in total. The number of aromatic nitrogens is 2. The molecule has 4 heteroatoms. The minimum atomic E-state index is 0.699. The SMILES string of the molecule is Clc1cccnc1-c1cccc2c1ccn2CCN1CCCC1. The lowest BCUT2D eigenvalue weighted by molar-refractivity contribution is 0.324. The third kappa shape index (κ3) is 2.87. The van der Waals surface area contributed by atoms with E-state index in [1.165, 1.54) is 36.8 Å². The zero-order valence-corrected chi connectivity index (χ0v) is 13.8. The lowest BCUT2D eigenvalue weighted by atomic mass is 10.1. The van der Waals surface area contributed by atoms with E-state index < -0.39 is 0 Å². The van der Waals surface area contributed by atoms with Gasteiger partial charge in [-0.1, -0.05) is 23.7 Å². The van der Waals surface area contributed by atoms with Crippen LogP contribution in [0, 0.1) is 0 Å². The Morgan fingerprint density at radius 1 is 1.00 bits per heavy atom. The molecule has 4 rings (SSSR count). The number of fused-ring (bicyclic) bond motifs is 1. The van der Waals surface area contributed by atoms with Gasteiger partial charge in [-0.3, -0.25) is 4.98 Å². The van der Waals surface area contributed by atoms with Crippen LogP contribution in [0.25, 0.3) is 22.2 Å². The van der Waals surface area contributed by atoms with Crippen LogP contribution in [0.2, 0.25) is 5.02 Å². The van der Waals surface area contributed by atoms with Crippen molar-refractivity contribution in [2.24, 2.45) is 0 Å². The van der Waals surface area contributed by atoms with E-state index >= 15 is 0 Å². The summed E-state index contributed by atoms with van der Waals surface area (Å²) in [7, 11) is 0. The molecule has 0 aliphatic carbocycles. The summed E-state index contributed by atoms with van der Waals surface area (Å²) in [4.78, 5) is 7.01. The second-order valence-corrected chi connectivity index (χ2v) is 6.54. The number of nitrogens with zero attached hydrogens (tertiary/aromatic N) is 3. The number of hydrogen-bond acceptors (Lipinski definition) is 2. The van der Waals surface area contributed by atoms with Gasteiger partial charge in [0, 0.05) is 41.9 Å². The monoisotopic (exact) mass is 325 g/mol. The highest BCUT2D eigenvalue weighted by atomic mass is 35.5. The molecule has 3 heterocycles. The smallest absolute Gasteiger partial charge is 0.0894 e. The molecule has 23 heavy (non-hydrogen) atoms. The van der Waals surface area contributed by atoms with Crippen molar-refractivity contribution < 1.29 is 0 Å². The molecule has 0 N–H and O–H groups in total. The van der Waals surface area contributed by atoms with Gasteiger partial charge >= 0.3 is 0 Å². The molecule has 1 aromatic carbocycles. The first-order valence-electron chi connectivity index (χ1n) is 8.24. The summed E-state index contributed by atoms with van der Waals surface area (Å²) in [5.41, 5.74) is 3.22. The van der Waals surface area contributed by atoms with Gasteiger partial charge in [0.05, 0.1) is 10.7 Å². The first-order valence-corrected chi connectivity index (χ1v) is 8.62. The summed E-state index contributed by atoms with van der Waals surface area (Å²) < 4.78 is 2.34. The predicted molar refractivity (Wildman–Crippen MR) is 95.9 cm³/mol. The summed E-state index contributed by atoms with van der Waals surface area (Å²) in [6.45, 7) is 4.64. The highest BCUT2D eigenvalue weighted by Gasteiger charge is 2.13. The first-order chi connectivity index (χ1) is 11.3. The molecular weight excluding hydrogens is 306 g/mol. The Morgan fingerprint density at radius 3 is 2.70 bits per heavy atom. The van der Waals surface area contributed by atoms with Gasteiger partial charge in [-0.2, -0.15) is 0 Å². The molecule has 3 aromatic rings. The number of pyridine rings is 1. The van der Waals surface area contributed by atoms with Crippen molar-refractivity contribution in [3.63, 3.8) is 0 Å². The zero-order valence-electron chi connectivity index (χ0n) is 13.1. The zero-order chi connectivity index (χ0) is 15.6. The minimum Gasteiger partial charge on any atom is -0.346 e. The average Bonchev–Trinajstić information content (AvgIpc) is 3.23. The van der Waals surface area contributed by atoms with Crippen LogP contribution >= 0.6 is 11.6 Å². The largest absolute Gasteiger partial charge is 0.346 e. The summed E-state index contributed by atoms with van der Waals surface area (Å²) in [5.74, 6) is 0. The third-order valence-electron chi connectivity index (χ3n) is 4.68. The quantitative estimate of drug-likeness (QED) is 0.706. The number of benzene rings is 1. The lowest BCUT2D eigenvalue weighted by Gasteiger charge is -2.15. The molecule has 118 valence electrons. The summed E-state index contributed by atoms with van der Waals surface area (Å²) in [6.07, 6.45) is 6.66. The van der Waals surface area contributed by atoms with E-state index in [2.05, 4.69) is 44.9 Å². The van der Waals surface area contributed by atoms with Gasteiger partial charge in [0.15, 0.2) is 0 Å². The Balaban J connectivity index is 1.67. The molecular formula is C19H20ClN3. The fourth-order valence-corrected chi connectivity index (χ4v) is 3.69. The van der Waals surface area contributed by atoms with Crippen LogP contribution in [0.5, 0.6) is 0 Å². The van der Waals surface area contributed by atoms with Crippen LogP contribution in [0.3, 0.4) is 0 Å². The van der Waals surface area contributed by atoms with E-state index in [-0.39, 0.29) is 0 Å². The van der Waals surface area contributed by atoms with Gasteiger partial charge in [0.2, 0.25) is 0 Å². The van der Waals surface area contributed by atoms with Crippen LogP contribution in [-0.4, -0.2) is 34.1 Å². The van der Waals surface area contributed by atoms with Gasteiger partial charge in [0.1, 0.15) is 0 Å². The molecule has 0 saturated carbocycles. The van der Waals surface area contributed by atoms with Crippen molar-refractivity contribution >= 4 is 22.5 Å². The number of hydrogen-bond donors (Lipinski definition) is 0. The molecule has 1 aliphatic rings. The molecule has 2 aromatic heterocycles. The van der Waals surface area contributed by atoms with E-state index in [1.54, 1.807) is 6.20 Å². The Bertz CT molecular complexity index is 818. The fraction of sp³-hybridized carbons (Fsp3) is 0.316. The van der Waals surface area contributed by atoms with Crippen LogP contribution in [0.1, 0.15) is 12.8 Å². The molecule has 0 atom stereocenters. The minimum absolute atomic E-state index is 0.699. The van der Waals surface area contributed by atoms with E-state index in [4.69, 9.17) is 11.6 Å². The second kappa shape index (κ2) is 6.34. The maximum absolute atomic E-state index is 6.34. The van der Waals surface area contributed by atoms with Crippen molar-refractivity contribution in [3.8, 4) is 11.3 Å². The second-order valence-electron chi connectivity index (χ2n) is 6.13. The number of likely N-dealkylation sites (tertiary alicyclic amines) is 1. The average molecular weight is 326 g/mol. The summed E-state index contributed by atoms with van der Waals surface area (Å²) >= 11 is 6.34. The molecule has 0 unspecified atom stereocenters. The Labute approximate surface area is 141 Å². The normalized spacial score (nSPS) is 15.5. The van der Waals surface area contributed by atoms with Gasteiger partial charge < -0.3 is 9.47 Å². The van der Waals surface area contributed by atoms with Gasteiger partial charge in [0.25, 0.3) is 0 Å². The maximum atomic E-state index is 6.34. The van der Waals surface area contributed by atoms with Crippen molar-refractivity contribution in [3.05, 3.63) is 53.8 Å². The topological polar surface area (TPSA) is 21.1 Å². The van der Waals surface area contributed by atoms with E-state index in [9.17, 15) is 0 Å². The van der Waals surface area contributed by atoms with Crippen molar-refractivity contribution in [1.82, 2.24) is 14.5 Å². The van der Waals surface area contributed by atoms with Crippen LogP contribution in [0.15, 0.2) is 48.8 Å². The Kier molecular flexibility index (Phi) is 4.06. The van der Waals surface area contributed by atoms with Crippen LogP contribution < -0.4 is 0 Å². The number of rotatable bonds is 4. The molecule has 1 aliphatic heterocycles. The molecule has 0 amide bonds. The van der Waals surface area contributed by atoms with E-state index in [1.807, 2.05) is 12.1 Å². The van der Waals surface area contributed by atoms with Crippen molar-refractivity contribution in [1.29, 1.82) is 0 Å². The van der Waals surface area contributed by atoms with E-state index in [0.29, 0.717) is 5.02 Å². The van der Waals surface area contributed by atoms with E-state index in [0.717, 1.165) is 24.3 Å². The molecule has 0 radical (unpaired) electrons. The van der Waals surface area contributed by atoms with Crippen molar-refractivity contribution in [2.75, 3.05) is 19.6 Å². The standard InChI is InChI=1S/C19H20ClN3/c20-17-6-4-9-21-19(17)16-5-3-7-18-15(16)8-12-23(18)14-13-22-10-1-2-11-22/h3-9,12H,1-2,10-11,13-14H2. The van der Waals surface area contributed by atoms with Gasteiger partial charge in [-0.25, -0.2) is 0 Å². The lowest BCUT2D eigenvalue weighted by Crippen LogP contribution is -2.23. The fourth-order valence-electron chi connectivity index (χ4n) is 3.46. The highest BCUT2D eigenvalue weighted by Crippen LogP contribution is 2.32. The molecule has 0 spiro atoms. The van der Waals surface area contributed by atoms with Crippen LogP contribution in [0.4, 0.5) is 0 Å². The summed E-state index contributed by atoms with van der Waals surface area (Å²) in [5, 5.41) is 1.92. The summed E-state index contributed by atoms with van der Waals surface area (Å²) in [6, 6.07) is 12.3. The van der Waals surface area contributed by atoms with Gasteiger partial charge in [-0.15, -0.1) is 0 Å². The Morgan fingerprint density at radius 2 is 1.87 bits per heavy atom. The first kappa shape index (κ1) is 14.7. The third-order valence-corrected chi connectivity index (χ3v) is 4.99. The maximum Gasteiger partial charge on any atom is 0.0894 e. The molecule has 1 saturated heterocycles. The molecule has 0 bridgehead atoms. The van der Waals surface area contributed by atoms with Gasteiger partial charge in [-0.05, 0) is 50.2 Å². The number of halogens is 1. The highest BCUT2D eigenvalue weighted by molar-refractivity contribution is 6.33.